The number of imidazole rings is 1. The molecule has 4 N–H and O–H groups in total. The van der Waals surface area contributed by atoms with E-state index in [1.54, 1.807) is 4.57 Å². The van der Waals surface area contributed by atoms with Crippen molar-refractivity contribution in [3.05, 3.63) is 11.6 Å². The lowest BCUT2D eigenvalue weighted by atomic mass is 10.1. The number of anilines is 1. The second-order valence-corrected chi connectivity index (χ2v) is 13.4. The lowest BCUT2D eigenvalue weighted by Gasteiger charge is -2.40. The average molecular weight is 416 g/mol. The molecule has 11 heteroatoms. The number of nitrogens with two attached hydrogens (primary N) is 1. The second kappa shape index (κ2) is 6.94. The van der Waals surface area contributed by atoms with Gasteiger partial charge in [0.15, 0.2) is 26.0 Å². The van der Waals surface area contributed by atoms with Crippen molar-refractivity contribution in [3.8, 4) is 0 Å². The van der Waals surface area contributed by atoms with E-state index in [1.807, 2.05) is 0 Å². The number of hydrogen-bond acceptors (Lipinski definition) is 8. The standard InChI is InChI=1S/C16H26ClN5O4Si/c1-16(2,3)27(4,5)26-11-10(24)8(6-23)25-14(11)22-7-19-9-12(18)20-15(17)21-13(9)22/h7-8,10-11,14,23-24H,6H2,1-5H3,(H2,18,20,21)/t8-,10-,11?,14-/m1/s1. The highest BCUT2D eigenvalue weighted by molar-refractivity contribution is 6.74. The van der Waals surface area contributed by atoms with E-state index in [0.717, 1.165) is 0 Å². The van der Waals surface area contributed by atoms with E-state index in [1.165, 1.54) is 6.33 Å². The van der Waals surface area contributed by atoms with Crippen LogP contribution in [0.25, 0.3) is 11.2 Å². The van der Waals surface area contributed by atoms with E-state index >= 15 is 0 Å². The van der Waals surface area contributed by atoms with Crippen LogP contribution in [-0.4, -0.2) is 63.0 Å². The summed E-state index contributed by atoms with van der Waals surface area (Å²) in [6.07, 6.45) is -1.71. The molecule has 150 valence electrons. The van der Waals surface area contributed by atoms with Crippen LogP contribution in [0.5, 0.6) is 0 Å². The van der Waals surface area contributed by atoms with Crippen molar-refractivity contribution < 1.29 is 19.4 Å². The third-order valence-electron chi connectivity index (χ3n) is 5.42. The number of aliphatic hydroxyl groups is 2. The SMILES string of the molecule is CC(C)(C)[Si](C)(C)OC1[C@H](n2cnc3c(N)nc(Cl)nc32)O[C@H](CO)[C@H]1O. The minimum absolute atomic E-state index is 0.0131. The fourth-order valence-electron chi connectivity index (χ4n) is 2.83. The van der Waals surface area contributed by atoms with Gasteiger partial charge in [-0.05, 0) is 29.7 Å². The summed E-state index contributed by atoms with van der Waals surface area (Å²) in [6, 6.07) is 0. The molecule has 1 saturated heterocycles. The zero-order valence-electron chi connectivity index (χ0n) is 16.0. The number of nitrogen functional groups attached to an aromatic ring is 1. The number of hydrogen-bond donors (Lipinski definition) is 3. The Bertz CT molecular complexity index is 840. The Hall–Kier alpha value is -1.30. The van der Waals surface area contributed by atoms with Crippen molar-refractivity contribution in [1.29, 1.82) is 0 Å². The van der Waals surface area contributed by atoms with Crippen LogP contribution >= 0.6 is 11.6 Å². The molecule has 27 heavy (non-hydrogen) atoms. The molecule has 1 fully saturated rings. The first-order valence-electron chi connectivity index (χ1n) is 8.74. The van der Waals surface area contributed by atoms with Gasteiger partial charge in [0.2, 0.25) is 5.28 Å². The van der Waals surface area contributed by atoms with Crippen LogP contribution in [0.3, 0.4) is 0 Å². The molecule has 0 saturated carbocycles. The summed E-state index contributed by atoms with van der Waals surface area (Å²) >= 11 is 5.95. The fraction of sp³-hybridized carbons (Fsp3) is 0.688. The summed E-state index contributed by atoms with van der Waals surface area (Å²) in [4.78, 5) is 12.3. The van der Waals surface area contributed by atoms with Crippen LogP contribution in [0.2, 0.25) is 23.4 Å². The smallest absolute Gasteiger partial charge is 0.226 e. The van der Waals surface area contributed by atoms with Crippen LogP contribution in [0.4, 0.5) is 5.82 Å². The number of fused-ring (bicyclic) bond motifs is 1. The molecule has 2 aromatic heterocycles. The van der Waals surface area contributed by atoms with Crippen molar-refractivity contribution >= 4 is 36.9 Å². The van der Waals surface area contributed by atoms with Gasteiger partial charge in [0.25, 0.3) is 0 Å². The van der Waals surface area contributed by atoms with Gasteiger partial charge in [-0.15, -0.1) is 0 Å². The number of aliphatic hydroxyl groups excluding tert-OH is 2. The van der Waals surface area contributed by atoms with Gasteiger partial charge in [-0.1, -0.05) is 20.8 Å². The third kappa shape index (κ3) is 3.57. The van der Waals surface area contributed by atoms with Crippen molar-refractivity contribution in [2.45, 2.75) is 63.4 Å². The highest BCUT2D eigenvalue weighted by atomic mass is 35.5. The van der Waals surface area contributed by atoms with Gasteiger partial charge in [0, 0.05) is 0 Å². The number of rotatable bonds is 4. The number of halogens is 1. The quantitative estimate of drug-likeness (QED) is 0.508. The highest BCUT2D eigenvalue weighted by Crippen LogP contribution is 2.42. The van der Waals surface area contributed by atoms with Crippen molar-refractivity contribution in [3.63, 3.8) is 0 Å². The van der Waals surface area contributed by atoms with Crippen molar-refractivity contribution in [2.24, 2.45) is 0 Å². The molecule has 0 bridgehead atoms. The molecule has 0 aliphatic carbocycles. The first kappa shape index (κ1) is 20.4. The van der Waals surface area contributed by atoms with Gasteiger partial charge in [-0.25, -0.2) is 4.98 Å². The monoisotopic (exact) mass is 415 g/mol. The normalized spacial score (nSPS) is 26.8. The van der Waals surface area contributed by atoms with Gasteiger partial charge < -0.3 is 25.1 Å². The molecule has 3 rings (SSSR count). The summed E-state index contributed by atoms with van der Waals surface area (Å²) < 4.78 is 14.0. The van der Waals surface area contributed by atoms with E-state index in [-0.39, 0.29) is 22.7 Å². The molecular formula is C16H26ClN5O4Si. The zero-order valence-corrected chi connectivity index (χ0v) is 17.8. The Kier molecular flexibility index (Phi) is 5.25. The van der Waals surface area contributed by atoms with Crippen molar-refractivity contribution in [1.82, 2.24) is 19.5 Å². The van der Waals surface area contributed by atoms with Crippen LogP contribution in [0, 0.1) is 0 Å². The molecule has 1 aliphatic rings. The molecular weight excluding hydrogens is 390 g/mol. The second-order valence-electron chi connectivity index (χ2n) is 8.28. The molecule has 1 unspecified atom stereocenters. The first-order valence-corrected chi connectivity index (χ1v) is 12.0. The van der Waals surface area contributed by atoms with E-state index < -0.39 is 32.9 Å². The highest BCUT2D eigenvalue weighted by Gasteiger charge is 2.50. The maximum atomic E-state index is 10.7. The molecule has 4 atom stereocenters. The molecule has 0 aromatic carbocycles. The van der Waals surface area contributed by atoms with E-state index in [2.05, 4.69) is 48.8 Å². The molecule has 1 aliphatic heterocycles. The van der Waals surface area contributed by atoms with E-state index in [9.17, 15) is 10.2 Å². The van der Waals surface area contributed by atoms with Gasteiger partial charge in [0.1, 0.15) is 23.8 Å². The zero-order chi connectivity index (χ0) is 20.1. The largest absolute Gasteiger partial charge is 0.407 e. The van der Waals surface area contributed by atoms with Crippen LogP contribution in [-0.2, 0) is 9.16 Å². The molecule has 3 heterocycles. The first-order chi connectivity index (χ1) is 12.5. The summed E-state index contributed by atoms with van der Waals surface area (Å²) in [6.45, 7) is 10.2. The summed E-state index contributed by atoms with van der Waals surface area (Å²) in [5.74, 6) is 0.155. The van der Waals surface area contributed by atoms with E-state index in [4.69, 9.17) is 26.5 Å². The third-order valence-corrected chi connectivity index (χ3v) is 10.1. The average Bonchev–Trinajstić information content (AvgIpc) is 3.08. The lowest BCUT2D eigenvalue weighted by molar-refractivity contribution is -0.0497. The van der Waals surface area contributed by atoms with Gasteiger partial charge in [0.05, 0.1) is 12.9 Å². The summed E-state index contributed by atoms with van der Waals surface area (Å²) in [5, 5.41) is 20.3. The predicted octanol–water partition coefficient (Wildman–Crippen LogP) is 1.70. The van der Waals surface area contributed by atoms with Crippen LogP contribution < -0.4 is 5.73 Å². The van der Waals surface area contributed by atoms with Gasteiger partial charge in [-0.2, -0.15) is 9.97 Å². The Morgan fingerprint density at radius 3 is 2.63 bits per heavy atom. The minimum Gasteiger partial charge on any atom is -0.407 e. The summed E-state index contributed by atoms with van der Waals surface area (Å²) in [5.41, 5.74) is 6.64. The molecule has 9 nitrogen and oxygen atoms in total. The van der Waals surface area contributed by atoms with E-state index in [0.29, 0.717) is 11.2 Å². The molecule has 0 amide bonds. The Labute approximate surface area is 163 Å². The Morgan fingerprint density at radius 2 is 2.04 bits per heavy atom. The molecule has 0 radical (unpaired) electrons. The number of aromatic nitrogens is 4. The Morgan fingerprint density at radius 1 is 1.37 bits per heavy atom. The summed E-state index contributed by atoms with van der Waals surface area (Å²) in [7, 11) is -2.24. The molecule has 2 aromatic rings. The number of ether oxygens (including phenoxy) is 1. The van der Waals surface area contributed by atoms with Gasteiger partial charge in [-0.3, -0.25) is 4.57 Å². The van der Waals surface area contributed by atoms with Crippen LogP contribution in [0.15, 0.2) is 6.33 Å². The van der Waals surface area contributed by atoms with Gasteiger partial charge >= 0.3 is 0 Å². The predicted molar refractivity (Wildman–Crippen MR) is 104 cm³/mol. The number of nitrogens with zero attached hydrogens (tertiary/aromatic N) is 4. The maximum Gasteiger partial charge on any atom is 0.226 e. The molecule has 0 spiro atoms. The topological polar surface area (TPSA) is 129 Å². The van der Waals surface area contributed by atoms with Crippen LogP contribution in [0.1, 0.15) is 27.0 Å². The minimum atomic E-state index is -2.24. The lowest BCUT2D eigenvalue weighted by Crippen LogP contribution is -2.48. The fourth-order valence-corrected chi connectivity index (χ4v) is 4.29. The van der Waals surface area contributed by atoms with Crippen molar-refractivity contribution in [2.75, 3.05) is 12.3 Å². The maximum absolute atomic E-state index is 10.7. The Balaban J connectivity index is 2.04.